The van der Waals surface area contributed by atoms with Gasteiger partial charge in [-0.15, -0.1) is 0 Å². The first kappa shape index (κ1) is 51.2. The van der Waals surface area contributed by atoms with Crippen molar-refractivity contribution in [2.45, 2.75) is 121 Å². The number of amides is 7. The molecule has 1 heterocycles. The normalized spacial score (nSPS) is 16.6. The van der Waals surface area contributed by atoms with E-state index in [-0.39, 0.29) is 69.4 Å². The van der Waals surface area contributed by atoms with Crippen molar-refractivity contribution in [1.82, 2.24) is 31.5 Å². The molecule has 2 rings (SSSR count). The van der Waals surface area contributed by atoms with Gasteiger partial charge in [0, 0.05) is 19.5 Å². The monoisotopic (exact) mass is 863 g/mol. The van der Waals surface area contributed by atoms with Gasteiger partial charge in [-0.1, -0.05) is 39.8 Å². The van der Waals surface area contributed by atoms with Gasteiger partial charge in [-0.2, -0.15) is 0 Å². The van der Waals surface area contributed by atoms with Gasteiger partial charge in [0.25, 0.3) is 0 Å². The Balaban J connectivity index is 2.40. The molecule has 0 aromatic heterocycles. The number of primary amides is 1. The molecule has 0 saturated carbocycles. The molecule has 61 heavy (non-hydrogen) atoms. The SMILES string of the molecule is CC(C)C[C@H](NC(=O)[C@H](CC(C)C)NC(=O)[C@H](Cc1ccc(F)cc1)NC(=O)[C@@H](N)CO)C(=O)N[C@@H](CCCN=C(N)N)C(=O)N[C@@H](CC(N)=O)C(=O)N1CCC[C@H]1C(=O)O. The second-order valence-electron chi connectivity index (χ2n) is 15.8. The molecule has 7 atom stereocenters. The molecule has 0 spiro atoms. The number of carbonyl (C=O) groups is 8. The summed E-state index contributed by atoms with van der Waals surface area (Å²) in [6.45, 7) is 6.52. The summed E-state index contributed by atoms with van der Waals surface area (Å²) in [4.78, 5) is 111. The summed E-state index contributed by atoms with van der Waals surface area (Å²) >= 11 is 0. The van der Waals surface area contributed by atoms with E-state index in [1.807, 2.05) is 0 Å². The van der Waals surface area contributed by atoms with E-state index in [0.717, 1.165) is 4.90 Å². The molecule has 1 saturated heterocycles. The minimum atomic E-state index is -1.57. The molecule has 22 heteroatoms. The Kier molecular flexibility index (Phi) is 21.0. The molecule has 1 aliphatic heterocycles. The number of carbonyl (C=O) groups excluding carboxylic acids is 7. The fourth-order valence-corrected chi connectivity index (χ4v) is 6.58. The number of nitrogens with two attached hydrogens (primary N) is 4. The molecule has 0 radical (unpaired) electrons. The van der Waals surface area contributed by atoms with Gasteiger partial charge in [0.2, 0.25) is 41.4 Å². The fraction of sp³-hybridized carbons (Fsp3) is 0.615. The van der Waals surface area contributed by atoms with Crippen LogP contribution >= 0.6 is 0 Å². The smallest absolute Gasteiger partial charge is 0.326 e. The van der Waals surface area contributed by atoms with E-state index in [0.29, 0.717) is 12.0 Å². The van der Waals surface area contributed by atoms with Crippen LogP contribution in [0.2, 0.25) is 0 Å². The molecule has 0 aliphatic carbocycles. The number of aliphatic imine (C=N–C) groups is 1. The van der Waals surface area contributed by atoms with E-state index in [1.54, 1.807) is 27.7 Å². The molecule has 1 aromatic rings. The van der Waals surface area contributed by atoms with E-state index in [2.05, 4.69) is 31.6 Å². The number of hydrogen-bond donors (Lipinski definition) is 11. The van der Waals surface area contributed by atoms with E-state index in [1.165, 1.54) is 24.3 Å². The second kappa shape index (κ2) is 25.0. The molecule has 0 bridgehead atoms. The number of aliphatic hydroxyl groups excluding tert-OH is 1. The number of carboxylic acids is 1. The number of guanidine groups is 1. The van der Waals surface area contributed by atoms with Gasteiger partial charge in [-0.05, 0) is 68.1 Å². The summed E-state index contributed by atoms with van der Waals surface area (Å²) in [5, 5.41) is 31.9. The van der Waals surface area contributed by atoms with Crippen molar-refractivity contribution < 1.29 is 53.0 Å². The van der Waals surface area contributed by atoms with Gasteiger partial charge in [-0.3, -0.25) is 38.6 Å². The third-order valence-corrected chi connectivity index (χ3v) is 9.62. The minimum Gasteiger partial charge on any atom is -0.480 e. The first-order valence-electron chi connectivity index (χ1n) is 20.1. The number of halogens is 1. The van der Waals surface area contributed by atoms with Crippen LogP contribution in [0.15, 0.2) is 29.3 Å². The van der Waals surface area contributed by atoms with E-state index >= 15 is 0 Å². The zero-order chi connectivity index (χ0) is 46.0. The second-order valence-corrected chi connectivity index (χ2v) is 15.8. The number of nitrogens with zero attached hydrogens (tertiary/aromatic N) is 2. The Morgan fingerprint density at radius 3 is 1.75 bits per heavy atom. The van der Waals surface area contributed by atoms with Gasteiger partial charge in [0.15, 0.2) is 5.96 Å². The lowest BCUT2D eigenvalue weighted by atomic mass is 9.98. The number of rotatable bonds is 25. The maximum absolute atomic E-state index is 14.0. The lowest BCUT2D eigenvalue weighted by molar-refractivity contribution is -0.149. The number of likely N-dealkylation sites (tertiary alicyclic amines) is 1. The zero-order valence-corrected chi connectivity index (χ0v) is 35.0. The van der Waals surface area contributed by atoms with E-state index < -0.39 is 108 Å². The number of hydrogen-bond acceptors (Lipinski definition) is 11. The van der Waals surface area contributed by atoms with Crippen molar-refractivity contribution in [2.75, 3.05) is 19.7 Å². The maximum Gasteiger partial charge on any atom is 0.326 e. The van der Waals surface area contributed by atoms with Crippen molar-refractivity contribution in [3.63, 3.8) is 0 Å². The van der Waals surface area contributed by atoms with E-state index in [4.69, 9.17) is 22.9 Å². The number of aliphatic carboxylic acids is 1. The van der Waals surface area contributed by atoms with Crippen molar-refractivity contribution in [3.05, 3.63) is 35.6 Å². The average Bonchev–Trinajstić information content (AvgIpc) is 3.68. The van der Waals surface area contributed by atoms with Crippen LogP contribution in [0.25, 0.3) is 0 Å². The number of nitrogens with one attached hydrogen (secondary N) is 5. The highest BCUT2D eigenvalue weighted by molar-refractivity contribution is 5.98. The van der Waals surface area contributed by atoms with Crippen LogP contribution in [0.4, 0.5) is 4.39 Å². The minimum absolute atomic E-state index is 0.0387. The molecule has 21 nitrogen and oxygen atoms in total. The van der Waals surface area contributed by atoms with Crippen molar-refractivity contribution in [2.24, 2.45) is 39.8 Å². The number of aliphatic hydroxyl groups is 1. The molecule has 15 N–H and O–H groups in total. The average molecular weight is 864 g/mol. The zero-order valence-electron chi connectivity index (χ0n) is 35.0. The quantitative estimate of drug-likeness (QED) is 0.0269. The summed E-state index contributed by atoms with van der Waals surface area (Å²) < 4.78 is 13.6. The maximum atomic E-state index is 14.0. The lowest BCUT2D eigenvalue weighted by Gasteiger charge is -2.29. The molecule has 0 unspecified atom stereocenters. The third kappa shape index (κ3) is 17.7. The third-order valence-electron chi connectivity index (χ3n) is 9.62. The topological polar surface area (TPSA) is 357 Å². The van der Waals surface area contributed by atoms with Gasteiger partial charge in [-0.25, -0.2) is 9.18 Å². The summed E-state index contributed by atoms with van der Waals surface area (Å²) in [6, 6.07) is -4.20. The molecule has 1 fully saturated rings. The van der Waals surface area contributed by atoms with Crippen molar-refractivity contribution in [3.8, 4) is 0 Å². The molecular formula is C39H62FN11O10. The van der Waals surface area contributed by atoms with Crippen LogP contribution in [0.3, 0.4) is 0 Å². The molecule has 7 amide bonds. The Labute approximate surface area is 353 Å². The molecular weight excluding hydrogens is 801 g/mol. The van der Waals surface area contributed by atoms with Crippen molar-refractivity contribution in [1.29, 1.82) is 0 Å². The Bertz CT molecular complexity index is 1730. The summed E-state index contributed by atoms with van der Waals surface area (Å²) in [6.07, 6.45) is -0.0890. The van der Waals surface area contributed by atoms with Crippen LogP contribution in [-0.4, -0.2) is 130 Å². The predicted molar refractivity (Wildman–Crippen MR) is 220 cm³/mol. The van der Waals surface area contributed by atoms with Gasteiger partial charge in [0.1, 0.15) is 48.1 Å². The van der Waals surface area contributed by atoms with Crippen LogP contribution in [-0.2, 0) is 44.8 Å². The van der Waals surface area contributed by atoms with E-state index in [9.17, 15) is 53.0 Å². The largest absolute Gasteiger partial charge is 0.480 e. The lowest BCUT2D eigenvalue weighted by Crippen LogP contribution is -2.60. The molecule has 340 valence electrons. The predicted octanol–water partition coefficient (Wildman–Crippen LogP) is -2.79. The van der Waals surface area contributed by atoms with Crippen LogP contribution in [0, 0.1) is 17.7 Å². The summed E-state index contributed by atoms with van der Waals surface area (Å²) in [7, 11) is 0. The fourth-order valence-electron chi connectivity index (χ4n) is 6.58. The first-order valence-corrected chi connectivity index (χ1v) is 20.1. The van der Waals surface area contributed by atoms with Crippen molar-refractivity contribution >= 4 is 53.3 Å². The summed E-state index contributed by atoms with van der Waals surface area (Å²) in [5.41, 5.74) is 22.4. The Morgan fingerprint density at radius 1 is 0.770 bits per heavy atom. The highest BCUT2D eigenvalue weighted by atomic mass is 19.1. The summed E-state index contributed by atoms with van der Waals surface area (Å²) in [5.74, 6) is -8.37. The van der Waals surface area contributed by atoms with Crippen LogP contribution < -0.4 is 49.5 Å². The van der Waals surface area contributed by atoms with Crippen LogP contribution in [0.5, 0.6) is 0 Å². The highest BCUT2D eigenvalue weighted by Gasteiger charge is 2.39. The Morgan fingerprint density at radius 2 is 1.26 bits per heavy atom. The van der Waals surface area contributed by atoms with Gasteiger partial charge >= 0.3 is 5.97 Å². The number of carboxylic acid groups (broad SMARTS) is 1. The first-order chi connectivity index (χ1) is 28.6. The number of benzene rings is 1. The van der Waals surface area contributed by atoms with Gasteiger partial charge < -0.3 is 64.6 Å². The standard InChI is InChI=1S/C39H62FN11O10/c1-20(2)15-26(48-35(57)27(16-21(3)4)49-36(58)28(47-32(54)24(41)19-52)17-22-9-11-23(40)12-10-22)34(56)46-25(7-5-13-45-39(43)44)33(55)50-29(18-31(42)53)37(59)51-14-6-8-30(51)38(60)61/h9-12,20-21,24-30,52H,5-8,13-19,41H2,1-4H3,(H2,42,53)(H,46,56)(H,47,54)(H,48,57)(H,49,58)(H,50,55)(H,60,61)(H4,43,44,45)/t24-,25-,26-,27-,28-,29-,30-/m0/s1. The molecule has 1 aliphatic rings. The van der Waals surface area contributed by atoms with Gasteiger partial charge in [0.05, 0.1) is 13.0 Å². The van der Waals surface area contributed by atoms with Crippen LogP contribution in [0.1, 0.15) is 78.2 Å². The molecule has 1 aromatic carbocycles. The highest BCUT2D eigenvalue weighted by Crippen LogP contribution is 2.20. The Hall–Kier alpha value is -5.90.